The third-order valence-electron chi connectivity index (χ3n) is 0.841. The van der Waals surface area contributed by atoms with Gasteiger partial charge >= 0.3 is 0 Å². The first-order valence-corrected chi connectivity index (χ1v) is 3.19. The van der Waals surface area contributed by atoms with Gasteiger partial charge in [-0.1, -0.05) is 29.9 Å². The van der Waals surface area contributed by atoms with Crippen LogP contribution in [0.1, 0.15) is 13.8 Å². The van der Waals surface area contributed by atoms with Crippen LogP contribution < -0.4 is 0 Å². The SMILES string of the molecule is CC(C)=CC=CC=CC=O. The summed E-state index contributed by atoms with van der Waals surface area (Å²) in [6.07, 6.45) is 9.61. The van der Waals surface area contributed by atoms with Crippen LogP contribution in [0.15, 0.2) is 36.0 Å². The van der Waals surface area contributed by atoms with Gasteiger partial charge in [0.2, 0.25) is 0 Å². The van der Waals surface area contributed by atoms with E-state index in [9.17, 15) is 4.79 Å². The van der Waals surface area contributed by atoms with Crippen LogP contribution in [0.4, 0.5) is 0 Å². The molecule has 0 saturated heterocycles. The Labute approximate surface area is 61.8 Å². The molecule has 0 aromatic rings. The van der Waals surface area contributed by atoms with Crippen molar-refractivity contribution in [2.45, 2.75) is 13.8 Å². The Hall–Kier alpha value is -1.11. The van der Waals surface area contributed by atoms with E-state index in [4.69, 9.17) is 0 Å². The van der Waals surface area contributed by atoms with Crippen LogP contribution in [0.5, 0.6) is 0 Å². The summed E-state index contributed by atoms with van der Waals surface area (Å²) < 4.78 is 0. The van der Waals surface area contributed by atoms with Gasteiger partial charge in [0.05, 0.1) is 0 Å². The van der Waals surface area contributed by atoms with Gasteiger partial charge in [-0.05, 0) is 19.9 Å². The Morgan fingerprint density at radius 2 is 1.60 bits per heavy atom. The molecule has 0 fully saturated rings. The molecule has 0 aliphatic rings. The second-order valence-electron chi connectivity index (χ2n) is 2.15. The van der Waals surface area contributed by atoms with Crippen molar-refractivity contribution < 1.29 is 4.79 Å². The van der Waals surface area contributed by atoms with Gasteiger partial charge in [-0.25, -0.2) is 0 Å². The summed E-state index contributed by atoms with van der Waals surface area (Å²) >= 11 is 0. The molecular formula is C9H12O. The predicted octanol–water partition coefficient (Wildman–Crippen LogP) is 2.26. The summed E-state index contributed by atoms with van der Waals surface area (Å²) in [7, 11) is 0. The number of rotatable bonds is 3. The Morgan fingerprint density at radius 3 is 2.10 bits per heavy atom. The Balaban J connectivity index is 3.67. The minimum atomic E-state index is 0.757. The summed E-state index contributed by atoms with van der Waals surface area (Å²) in [6, 6.07) is 0. The van der Waals surface area contributed by atoms with E-state index >= 15 is 0 Å². The number of allylic oxidation sites excluding steroid dienone is 6. The summed E-state index contributed by atoms with van der Waals surface area (Å²) in [4.78, 5) is 9.77. The van der Waals surface area contributed by atoms with Gasteiger partial charge in [-0.15, -0.1) is 0 Å². The highest BCUT2D eigenvalue weighted by Crippen LogP contribution is 1.88. The van der Waals surface area contributed by atoms with Crippen molar-refractivity contribution in [2.24, 2.45) is 0 Å². The molecule has 0 saturated carbocycles. The highest BCUT2D eigenvalue weighted by Gasteiger charge is 1.67. The van der Waals surface area contributed by atoms with Gasteiger partial charge in [0.25, 0.3) is 0 Å². The quantitative estimate of drug-likeness (QED) is 0.330. The third kappa shape index (κ3) is 6.89. The van der Waals surface area contributed by atoms with Crippen molar-refractivity contribution in [1.82, 2.24) is 0 Å². The smallest absolute Gasteiger partial charge is 0.142 e. The molecule has 0 unspecified atom stereocenters. The summed E-state index contributed by atoms with van der Waals surface area (Å²) in [5.41, 5.74) is 1.25. The number of carbonyl (C=O) groups is 1. The lowest BCUT2D eigenvalue weighted by molar-refractivity contribution is -0.104. The van der Waals surface area contributed by atoms with E-state index in [0.717, 1.165) is 6.29 Å². The van der Waals surface area contributed by atoms with Crippen LogP contribution in [0.2, 0.25) is 0 Å². The molecule has 0 aromatic carbocycles. The van der Waals surface area contributed by atoms with E-state index in [2.05, 4.69) is 0 Å². The second kappa shape index (κ2) is 6.02. The van der Waals surface area contributed by atoms with Crippen LogP contribution in [0, 0.1) is 0 Å². The lowest BCUT2D eigenvalue weighted by atomic mass is 10.3. The first-order chi connectivity index (χ1) is 4.77. The molecule has 54 valence electrons. The largest absolute Gasteiger partial charge is 0.299 e. The second-order valence-corrected chi connectivity index (χ2v) is 2.15. The first kappa shape index (κ1) is 8.89. The molecule has 0 aromatic heterocycles. The molecular weight excluding hydrogens is 124 g/mol. The van der Waals surface area contributed by atoms with Gasteiger partial charge < -0.3 is 0 Å². The normalized spacial score (nSPS) is 10.6. The van der Waals surface area contributed by atoms with Crippen LogP contribution in [-0.4, -0.2) is 6.29 Å². The minimum Gasteiger partial charge on any atom is -0.299 e. The lowest BCUT2D eigenvalue weighted by Crippen LogP contribution is -1.59. The maximum Gasteiger partial charge on any atom is 0.142 e. The highest BCUT2D eigenvalue weighted by atomic mass is 16.1. The fourth-order valence-corrected chi connectivity index (χ4v) is 0.422. The zero-order valence-electron chi connectivity index (χ0n) is 6.37. The Bertz CT molecular complexity index is 169. The molecule has 0 aliphatic carbocycles. The summed E-state index contributed by atoms with van der Waals surface area (Å²) in [5, 5.41) is 0. The van der Waals surface area contributed by atoms with Crippen molar-refractivity contribution in [1.29, 1.82) is 0 Å². The molecule has 0 atom stereocenters. The van der Waals surface area contributed by atoms with E-state index < -0.39 is 0 Å². The van der Waals surface area contributed by atoms with E-state index in [1.165, 1.54) is 11.6 Å². The fourth-order valence-electron chi connectivity index (χ4n) is 0.422. The molecule has 1 heteroatoms. The van der Waals surface area contributed by atoms with Gasteiger partial charge in [0.15, 0.2) is 0 Å². The van der Waals surface area contributed by atoms with Gasteiger partial charge in [0.1, 0.15) is 6.29 Å². The van der Waals surface area contributed by atoms with Crippen molar-refractivity contribution in [2.75, 3.05) is 0 Å². The molecule has 10 heavy (non-hydrogen) atoms. The van der Waals surface area contributed by atoms with E-state index in [1.807, 2.05) is 32.1 Å². The average Bonchev–Trinajstić information content (AvgIpc) is 1.87. The number of aldehydes is 1. The summed E-state index contributed by atoms with van der Waals surface area (Å²) in [5.74, 6) is 0. The average molecular weight is 136 g/mol. The standard InChI is InChI=1S/C9H12O/c1-9(2)7-5-3-4-6-8-10/h3-8H,1-2H3. The monoisotopic (exact) mass is 136 g/mol. The van der Waals surface area contributed by atoms with Crippen molar-refractivity contribution >= 4 is 6.29 Å². The van der Waals surface area contributed by atoms with E-state index in [0.29, 0.717) is 0 Å². The molecule has 1 nitrogen and oxygen atoms in total. The van der Waals surface area contributed by atoms with Crippen LogP contribution in [0.3, 0.4) is 0 Å². The number of hydrogen-bond acceptors (Lipinski definition) is 1. The Kier molecular flexibility index (Phi) is 5.35. The molecule has 0 bridgehead atoms. The minimum absolute atomic E-state index is 0.757. The lowest BCUT2D eigenvalue weighted by Gasteiger charge is -1.79. The van der Waals surface area contributed by atoms with E-state index in [-0.39, 0.29) is 0 Å². The molecule has 0 spiro atoms. The van der Waals surface area contributed by atoms with Crippen molar-refractivity contribution in [3.05, 3.63) is 36.0 Å². The third-order valence-corrected chi connectivity index (χ3v) is 0.841. The molecule has 0 radical (unpaired) electrons. The zero-order valence-corrected chi connectivity index (χ0v) is 6.37. The zero-order chi connectivity index (χ0) is 7.82. The van der Waals surface area contributed by atoms with Gasteiger partial charge in [-0.3, -0.25) is 4.79 Å². The Morgan fingerprint density at radius 1 is 1.00 bits per heavy atom. The topological polar surface area (TPSA) is 17.1 Å². The maximum atomic E-state index is 9.77. The molecule has 0 heterocycles. The van der Waals surface area contributed by atoms with Crippen molar-refractivity contribution in [3.8, 4) is 0 Å². The van der Waals surface area contributed by atoms with Crippen LogP contribution in [-0.2, 0) is 4.79 Å². The number of carbonyl (C=O) groups excluding carboxylic acids is 1. The summed E-state index contributed by atoms with van der Waals surface area (Å²) in [6.45, 7) is 4.04. The molecule has 0 rings (SSSR count). The molecule has 0 N–H and O–H groups in total. The fraction of sp³-hybridized carbons (Fsp3) is 0.222. The van der Waals surface area contributed by atoms with Crippen LogP contribution in [0.25, 0.3) is 0 Å². The van der Waals surface area contributed by atoms with Crippen LogP contribution >= 0.6 is 0 Å². The molecule has 0 amide bonds. The number of hydrogen-bond donors (Lipinski definition) is 0. The van der Waals surface area contributed by atoms with E-state index in [1.54, 1.807) is 6.08 Å². The van der Waals surface area contributed by atoms with Gasteiger partial charge in [0, 0.05) is 0 Å². The maximum absolute atomic E-state index is 9.77. The predicted molar refractivity (Wildman–Crippen MR) is 43.8 cm³/mol. The van der Waals surface area contributed by atoms with Crippen molar-refractivity contribution in [3.63, 3.8) is 0 Å². The first-order valence-electron chi connectivity index (χ1n) is 3.19. The highest BCUT2D eigenvalue weighted by molar-refractivity contribution is 5.65. The molecule has 0 aliphatic heterocycles. The van der Waals surface area contributed by atoms with Gasteiger partial charge in [-0.2, -0.15) is 0 Å².